The molecule has 6 heteroatoms. The fourth-order valence-corrected chi connectivity index (χ4v) is 3.93. The molecule has 0 spiro atoms. The normalized spacial score (nSPS) is 16.5. The molecule has 0 radical (unpaired) electrons. The van der Waals surface area contributed by atoms with E-state index in [-0.39, 0.29) is 0 Å². The second-order valence-electron chi connectivity index (χ2n) is 6.76. The molecule has 26 heavy (non-hydrogen) atoms. The molecule has 0 aromatic carbocycles. The maximum Gasteiger partial charge on any atom is 0.218 e. The Morgan fingerprint density at radius 1 is 1.35 bits per heavy atom. The summed E-state index contributed by atoms with van der Waals surface area (Å²) in [6, 6.07) is 6.19. The van der Waals surface area contributed by atoms with Crippen molar-refractivity contribution in [3.63, 3.8) is 0 Å². The average molecular weight is 373 g/mol. The number of hydrogen-bond donors (Lipinski definition) is 2. The smallest absolute Gasteiger partial charge is 0.218 e. The predicted octanol–water partition coefficient (Wildman–Crippen LogP) is 3.93. The van der Waals surface area contributed by atoms with Crippen molar-refractivity contribution in [2.24, 2.45) is 4.99 Å². The average Bonchev–Trinajstić information content (AvgIpc) is 3.37. The first-order chi connectivity index (χ1) is 12.8. The highest BCUT2D eigenvalue weighted by Crippen LogP contribution is 2.25. The lowest BCUT2D eigenvalue weighted by Gasteiger charge is -2.18. The van der Waals surface area contributed by atoms with Gasteiger partial charge >= 0.3 is 0 Å². The van der Waals surface area contributed by atoms with Gasteiger partial charge in [0, 0.05) is 31.9 Å². The highest BCUT2D eigenvalue weighted by molar-refractivity contribution is 7.07. The van der Waals surface area contributed by atoms with Crippen LogP contribution in [-0.2, 0) is 6.54 Å². The summed E-state index contributed by atoms with van der Waals surface area (Å²) in [5.74, 6) is 1.98. The van der Waals surface area contributed by atoms with Crippen LogP contribution in [-0.4, -0.2) is 30.6 Å². The van der Waals surface area contributed by atoms with Gasteiger partial charge in [-0.15, -0.1) is 0 Å². The monoisotopic (exact) mass is 372 g/mol. The fourth-order valence-electron chi connectivity index (χ4n) is 3.15. The summed E-state index contributed by atoms with van der Waals surface area (Å²) in [5.41, 5.74) is 2.42. The Morgan fingerprint density at radius 3 is 2.92 bits per heavy atom. The molecule has 1 aliphatic rings. The van der Waals surface area contributed by atoms with E-state index in [4.69, 9.17) is 4.74 Å². The zero-order valence-corrected chi connectivity index (χ0v) is 16.4. The van der Waals surface area contributed by atoms with Gasteiger partial charge in [0.2, 0.25) is 5.88 Å². The number of guanidine groups is 1. The summed E-state index contributed by atoms with van der Waals surface area (Å²) < 4.78 is 6.11. The standard InChI is InChI=1S/C20H28N4OS/c1-15(17-9-11-26-14-17)12-23-20(21-2)24-13-16-6-5-10-22-19(16)25-18-7-3-4-8-18/h5-6,9-11,14-15,18H,3-4,7-8,12-13H2,1-2H3,(H2,21,23,24). The molecule has 0 saturated heterocycles. The van der Waals surface area contributed by atoms with Crippen molar-refractivity contribution >= 4 is 17.3 Å². The molecule has 140 valence electrons. The third-order valence-electron chi connectivity index (χ3n) is 4.79. The third-order valence-corrected chi connectivity index (χ3v) is 5.49. The van der Waals surface area contributed by atoms with Gasteiger partial charge < -0.3 is 15.4 Å². The van der Waals surface area contributed by atoms with Crippen molar-refractivity contribution in [2.45, 2.75) is 51.2 Å². The van der Waals surface area contributed by atoms with Crippen LogP contribution < -0.4 is 15.4 Å². The molecule has 2 heterocycles. The van der Waals surface area contributed by atoms with Gasteiger partial charge in [0.05, 0.1) is 0 Å². The van der Waals surface area contributed by atoms with Gasteiger partial charge in [-0.2, -0.15) is 11.3 Å². The van der Waals surface area contributed by atoms with Crippen LogP contribution in [0.4, 0.5) is 0 Å². The van der Waals surface area contributed by atoms with E-state index >= 15 is 0 Å². The maximum atomic E-state index is 6.11. The number of aromatic nitrogens is 1. The van der Waals surface area contributed by atoms with Crippen LogP contribution in [0, 0.1) is 0 Å². The molecular formula is C20H28N4OS. The molecule has 3 rings (SSSR count). The first kappa shape index (κ1) is 18.7. The van der Waals surface area contributed by atoms with E-state index in [9.17, 15) is 0 Å². The minimum atomic E-state index is 0.313. The molecule has 2 aromatic heterocycles. The molecule has 1 aliphatic carbocycles. The number of aliphatic imine (C=N–C) groups is 1. The van der Waals surface area contributed by atoms with Crippen molar-refractivity contribution in [3.8, 4) is 5.88 Å². The first-order valence-electron chi connectivity index (χ1n) is 9.33. The highest BCUT2D eigenvalue weighted by Gasteiger charge is 2.18. The third kappa shape index (κ3) is 5.21. The SMILES string of the molecule is CN=C(NCc1cccnc1OC1CCCC1)NCC(C)c1ccsc1. The lowest BCUT2D eigenvalue weighted by molar-refractivity contribution is 0.199. The van der Waals surface area contributed by atoms with E-state index in [1.165, 1.54) is 18.4 Å². The quantitative estimate of drug-likeness (QED) is 0.571. The van der Waals surface area contributed by atoms with Gasteiger partial charge in [-0.05, 0) is 60.1 Å². The maximum absolute atomic E-state index is 6.11. The van der Waals surface area contributed by atoms with Crippen LogP contribution in [0.15, 0.2) is 40.1 Å². The van der Waals surface area contributed by atoms with Crippen molar-refractivity contribution in [1.29, 1.82) is 0 Å². The Labute approximate surface area is 159 Å². The number of ether oxygens (including phenoxy) is 1. The largest absolute Gasteiger partial charge is 0.474 e. The predicted molar refractivity (Wildman–Crippen MR) is 108 cm³/mol. The molecule has 2 N–H and O–H groups in total. The molecule has 0 amide bonds. The highest BCUT2D eigenvalue weighted by atomic mass is 32.1. The zero-order valence-electron chi connectivity index (χ0n) is 15.6. The van der Waals surface area contributed by atoms with E-state index in [0.29, 0.717) is 18.6 Å². The number of pyridine rings is 1. The second kappa shape index (κ2) is 9.57. The van der Waals surface area contributed by atoms with Gasteiger partial charge in [-0.25, -0.2) is 4.98 Å². The van der Waals surface area contributed by atoms with E-state index in [0.717, 1.165) is 36.8 Å². The lowest BCUT2D eigenvalue weighted by Crippen LogP contribution is -2.38. The summed E-state index contributed by atoms with van der Waals surface area (Å²) in [5, 5.41) is 11.1. The molecular weight excluding hydrogens is 344 g/mol. The van der Waals surface area contributed by atoms with Crippen molar-refractivity contribution in [2.75, 3.05) is 13.6 Å². The summed E-state index contributed by atoms with van der Waals surface area (Å²) in [4.78, 5) is 8.76. The molecule has 1 fully saturated rings. The zero-order chi connectivity index (χ0) is 18.2. The van der Waals surface area contributed by atoms with E-state index in [1.807, 2.05) is 6.07 Å². The van der Waals surface area contributed by atoms with Gasteiger partial charge in [-0.3, -0.25) is 4.99 Å². The van der Waals surface area contributed by atoms with E-state index in [2.05, 4.69) is 50.4 Å². The fraction of sp³-hybridized carbons (Fsp3) is 0.500. The minimum absolute atomic E-state index is 0.313. The van der Waals surface area contributed by atoms with Crippen LogP contribution in [0.25, 0.3) is 0 Å². The molecule has 0 aliphatic heterocycles. The van der Waals surface area contributed by atoms with E-state index in [1.54, 1.807) is 24.6 Å². The minimum Gasteiger partial charge on any atom is -0.474 e. The lowest BCUT2D eigenvalue weighted by atomic mass is 10.1. The molecule has 5 nitrogen and oxygen atoms in total. The van der Waals surface area contributed by atoms with Crippen LogP contribution in [0.3, 0.4) is 0 Å². The molecule has 1 unspecified atom stereocenters. The Hall–Kier alpha value is -2.08. The Kier molecular flexibility index (Phi) is 6.89. The summed E-state index contributed by atoms with van der Waals surface area (Å²) in [6.07, 6.45) is 6.88. The second-order valence-corrected chi connectivity index (χ2v) is 7.54. The van der Waals surface area contributed by atoms with Crippen molar-refractivity contribution in [3.05, 3.63) is 46.3 Å². The Balaban J connectivity index is 1.52. The Bertz CT molecular complexity index is 696. The number of nitrogens with one attached hydrogen (secondary N) is 2. The van der Waals surface area contributed by atoms with Crippen LogP contribution in [0.2, 0.25) is 0 Å². The van der Waals surface area contributed by atoms with Crippen molar-refractivity contribution in [1.82, 2.24) is 15.6 Å². The molecule has 2 aromatic rings. The number of rotatable bonds is 7. The van der Waals surface area contributed by atoms with Crippen molar-refractivity contribution < 1.29 is 4.74 Å². The molecule has 1 saturated carbocycles. The molecule has 1 atom stereocenters. The first-order valence-corrected chi connectivity index (χ1v) is 10.3. The van der Waals surface area contributed by atoms with Crippen LogP contribution >= 0.6 is 11.3 Å². The van der Waals surface area contributed by atoms with Crippen LogP contribution in [0.5, 0.6) is 5.88 Å². The topological polar surface area (TPSA) is 58.5 Å². The number of thiophene rings is 1. The summed E-state index contributed by atoms with van der Waals surface area (Å²) >= 11 is 1.74. The van der Waals surface area contributed by atoms with Gasteiger partial charge in [0.1, 0.15) is 6.10 Å². The van der Waals surface area contributed by atoms with Crippen LogP contribution in [0.1, 0.15) is 49.7 Å². The van der Waals surface area contributed by atoms with Gasteiger partial charge in [-0.1, -0.05) is 13.0 Å². The Morgan fingerprint density at radius 2 is 2.19 bits per heavy atom. The molecule has 0 bridgehead atoms. The number of hydrogen-bond acceptors (Lipinski definition) is 4. The summed E-state index contributed by atoms with van der Waals surface area (Å²) in [6.45, 7) is 3.70. The van der Waals surface area contributed by atoms with E-state index < -0.39 is 0 Å². The van der Waals surface area contributed by atoms with Gasteiger partial charge in [0.15, 0.2) is 5.96 Å². The summed E-state index contributed by atoms with van der Waals surface area (Å²) in [7, 11) is 1.80. The number of nitrogens with zero attached hydrogens (tertiary/aromatic N) is 2. The van der Waals surface area contributed by atoms with Gasteiger partial charge in [0.25, 0.3) is 0 Å².